The van der Waals surface area contributed by atoms with Crippen molar-refractivity contribution in [2.45, 2.75) is 228 Å². The van der Waals surface area contributed by atoms with Crippen LogP contribution in [-0.2, 0) is 70.1 Å². The molecule has 6 aliphatic rings. The summed E-state index contributed by atoms with van der Waals surface area (Å²) < 4.78 is 41.6. The van der Waals surface area contributed by atoms with Gasteiger partial charge in [-0.15, -0.1) is 0 Å². The summed E-state index contributed by atoms with van der Waals surface area (Å²) in [5.74, 6) is -8.99. The number of halogens is 4. The number of rotatable bonds is 10. The smallest absolute Gasteiger partial charge is 0.343 e. The summed E-state index contributed by atoms with van der Waals surface area (Å²) in [6, 6.07) is -4.16. The maximum Gasteiger partial charge on any atom is 0.417 e. The van der Waals surface area contributed by atoms with Crippen LogP contribution in [-0.4, -0.2) is 251 Å². The van der Waals surface area contributed by atoms with Gasteiger partial charge in [0.1, 0.15) is 47.8 Å². The van der Waals surface area contributed by atoms with E-state index < -0.39 is 174 Å². The lowest BCUT2D eigenvalue weighted by molar-refractivity contribution is -0.157. The predicted octanol–water partition coefficient (Wildman–Crippen LogP) is 5.29. The van der Waals surface area contributed by atoms with Gasteiger partial charge in [-0.25, -0.2) is 0 Å². The molecular weight excluding hydrogens is 1320 g/mol. The Hall–Kier alpha value is -7.57. The zero-order valence-electron chi connectivity index (χ0n) is 59.8. The molecule has 7 atom stereocenters. The SMILES string of the molecule is CC(C)C[C@H]1C(=O)N[C@@H](CC#N)C(=O)N(C)CC(=O)N(C)CC(=O)N(C)[C@@H](CC2CCCCC2)C(=O)N(C)CC(=O)N[C@@H](CCc2ccc(C(F)(F)F)c(Cl)c2)C(=O)N2CCCC2C(=O)NC2(CCCC2)C(=O)N(C)[C@@H](C2CCCCC2)C(=O)N(C)[C@H](C(=O)N2CCCCC2)CC(=O)N1C. The quantitative estimate of drug-likeness (QED) is 0.269. The normalized spacial score (nSPS) is 26.5. The number of hydrogen-bond donors (Lipinski definition) is 3. The van der Waals surface area contributed by atoms with Crippen LogP contribution in [0.15, 0.2) is 18.2 Å². The zero-order chi connectivity index (χ0) is 73.5. The van der Waals surface area contributed by atoms with Crippen LogP contribution >= 0.6 is 11.6 Å². The van der Waals surface area contributed by atoms with Crippen LogP contribution in [0.2, 0.25) is 5.02 Å². The number of nitriles is 1. The van der Waals surface area contributed by atoms with E-state index in [2.05, 4.69) is 16.0 Å². The van der Waals surface area contributed by atoms with E-state index in [1.54, 1.807) is 4.90 Å². The monoisotopic (exact) mass is 1420 g/mol. The van der Waals surface area contributed by atoms with E-state index in [0.717, 1.165) is 84.6 Å². The van der Waals surface area contributed by atoms with Crippen molar-refractivity contribution in [2.75, 3.05) is 88.6 Å². The van der Waals surface area contributed by atoms with Gasteiger partial charge in [0.05, 0.1) is 49.1 Å². The van der Waals surface area contributed by atoms with Crippen LogP contribution in [0.4, 0.5) is 13.2 Å². The number of alkyl halides is 3. The van der Waals surface area contributed by atoms with Gasteiger partial charge in [-0.2, -0.15) is 18.4 Å². The summed E-state index contributed by atoms with van der Waals surface area (Å²) in [7, 11) is 9.69. The number of hydrogen-bond acceptors (Lipinski definition) is 13. The second-order valence-electron chi connectivity index (χ2n) is 29.2. The molecule has 0 radical (unpaired) electrons. The molecular formula is C71H105ClF3N13O12. The maximum atomic E-state index is 15.8. The zero-order valence-corrected chi connectivity index (χ0v) is 60.6. The second-order valence-corrected chi connectivity index (χ2v) is 29.6. The maximum absolute atomic E-state index is 15.8. The first-order valence-corrected chi connectivity index (χ1v) is 36.2. The molecule has 3 aliphatic heterocycles. The van der Waals surface area contributed by atoms with Gasteiger partial charge in [0.15, 0.2) is 0 Å². The van der Waals surface area contributed by atoms with Gasteiger partial charge in [-0.05, 0) is 119 Å². The number of fused-ring (bicyclic) bond motifs is 1. The molecule has 3 saturated carbocycles. The lowest BCUT2D eigenvalue weighted by Crippen LogP contribution is -2.65. The molecule has 1 aromatic carbocycles. The number of piperidine rings is 1. The second kappa shape index (κ2) is 35.8. The van der Waals surface area contributed by atoms with E-state index >= 15 is 24.0 Å². The standard InChI is InChI=1S/C71H105ClF3N13O12/c1-45(2)38-54-62(93)78-52(31-34-76)64(95)82(5)43-59(91)80(3)44-60(92)84(7)55(40-46-22-13-10-14-23-46)66(97)81(4)42-57(89)77-51(30-28-47-27-29-49(50(72)39-47)71(73,74)75)65(96)88-37-21-26-53(88)63(94)79-70(32-17-18-33-70)69(100)86(9)61(48-24-15-11-16-25-48)68(99)85(8)56(41-58(90)83(54)6)67(98)87-35-19-12-20-36-87/h27,29,39,45-46,48,51-56,61H,10-26,28,30-33,35-38,40-44H2,1-9H3,(H,77,89)(H,78,93)(H,79,94)/t51-,52-,53?,54-,55-,56-,61-/m0/s1. The van der Waals surface area contributed by atoms with Gasteiger partial charge in [0, 0.05) is 69.0 Å². The minimum absolute atomic E-state index is 0.000607. The molecule has 3 saturated heterocycles. The summed E-state index contributed by atoms with van der Waals surface area (Å²) in [5, 5.41) is 17.9. The summed E-state index contributed by atoms with van der Waals surface area (Å²) in [6.45, 7) is 2.53. The number of amides is 12. The van der Waals surface area contributed by atoms with E-state index in [9.17, 15) is 52.0 Å². The summed E-state index contributed by atoms with van der Waals surface area (Å²) in [6.07, 6.45) is 5.68. The van der Waals surface area contributed by atoms with Crippen molar-refractivity contribution in [3.05, 3.63) is 34.3 Å². The van der Waals surface area contributed by atoms with Crippen LogP contribution in [0.5, 0.6) is 0 Å². The molecule has 6 fully saturated rings. The largest absolute Gasteiger partial charge is 0.417 e. The molecule has 1 spiro atoms. The fourth-order valence-electron chi connectivity index (χ4n) is 15.5. The van der Waals surface area contributed by atoms with Crippen LogP contribution < -0.4 is 16.0 Å². The molecule has 1 aromatic rings. The lowest BCUT2D eigenvalue weighted by atomic mass is 9.81. The van der Waals surface area contributed by atoms with Gasteiger partial charge in [-0.3, -0.25) is 57.5 Å². The molecule has 1 unspecified atom stereocenters. The van der Waals surface area contributed by atoms with Crippen molar-refractivity contribution in [3.8, 4) is 6.07 Å². The molecule has 554 valence electrons. The highest BCUT2D eigenvalue weighted by Gasteiger charge is 2.51. The number of carbonyl (C=O) groups is 12. The Kier molecular flexibility index (Phi) is 28.6. The van der Waals surface area contributed by atoms with Gasteiger partial charge >= 0.3 is 6.18 Å². The highest BCUT2D eigenvalue weighted by atomic mass is 35.5. The number of likely N-dealkylation sites (N-methyl/N-ethyl adjacent to an activating group) is 7. The van der Waals surface area contributed by atoms with Crippen molar-refractivity contribution in [1.29, 1.82) is 5.26 Å². The molecule has 100 heavy (non-hydrogen) atoms. The van der Waals surface area contributed by atoms with Gasteiger partial charge in [-0.1, -0.05) is 95.7 Å². The van der Waals surface area contributed by atoms with Crippen LogP contribution in [0.25, 0.3) is 0 Å². The van der Waals surface area contributed by atoms with E-state index in [-0.39, 0.29) is 63.3 Å². The minimum atomic E-state index is -4.76. The average molecular weight is 1430 g/mol. The number of nitrogens with zero attached hydrogens (tertiary/aromatic N) is 10. The Morgan fingerprint density at radius 3 is 1.84 bits per heavy atom. The van der Waals surface area contributed by atoms with Crippen LogP contribution in [0.1, 0.15) is 179 Å². The third-order valence-corrected chi connectivity index (χ3v) is 21.8. The number of aryl methyl sites for hydroxylation is 1. The fourth-order valence-corrected chi connectivity index (χ4v) is 15.8. The molecule has 25 nitrogen and oxygen atoms in total. The molecule has 3 heterocycles. The Morgan fingerprint density at radius 2 is 1.23 bits per heavy atom. The Balaban J connectivity index is 1.28. The average Bonchev–Trinajstić information content (AvgIpc) is 1.32. The molecule has 0 aromatic heterocycles. The first-order valence-electron chi connectivity index (χ1n) is 35.8. The Morgan fingerprint density at radius 1 is 0.630 bits per heavy atom. The third kappa shape index (κ3) is 20.2. The third-order valence-electron chi connectivity index (χ3n) is 21.5. The lowest BCUT2D eigenvalue weighted by Gasteiger charge is -2.43. The fraction of sp³-hybridized carbons (Fsp3) is 0.732. The Bertz CT molecular complexity index is 3180. The van der Waals surface area contributed by atoms with Crippen molar-refractivity contribution < 1.29 is 70.7 Å². The predicted molar refractivity (Wildman–Crippen MR) is 364 cm³/mol. The highest BCUT2D eigenvalue weighted by molar-refractivity contribution is 6.31. The summed E-state index contributed by atoms with van der Waals surface area (Å²) >= 11 is 6.15. The first kappa shape index (κ1) is 79.8. The van der Waals surface area contributed by atoms with Crippen LogP contribution in [0.3, 0.4) is 0 Å². The van der Waals surface area contributed by atoms with E-state index in [1.807, 2.05) is 19.9 Å². The highest BCUT2D eigenvalue weighted by Crippen LogP contribution is 2.38. The molecule has 7 rings (SSSR count). The van der Waals surface area contributed by atoms with Gasteiger partial charge < -0.3 is 60.0 Å². The van der Waals surface area contributed by atoms with Crippen molar-refractivity contribution in [2.24, 2.45) is 17.8 Å². The van der Waals surface area contributed by atoms with Gasteiger partial charge in [0.2, 0.25) is 70.9 Å². The number of likely N-dealkylation sites (tertiary alicyclic amines) is 1. The Labute approximate surface area is 591 Å². The first-order chi connectivity index (χ1) is 47.3. The molecule has 12 amide bonds. The number of carbonyl (C=O) groups excluding carboxylic acids is 12. The molecule has 0 bridgehead atoms. The van der Waals surface area contributed by atoms with E-state index in [0.29, 0.717) is 63.6 Å². The van der Waals surface area contributed by atoms with E-state index in [1.165, 1.54) is 79.9 Å². The minimum Gasteiger partial charge on any atom is -0.343 e. The summed E-state index contributed by atoms with van der Waals surface area (Å²) in [5.41, 5.74) is -2.37. The van der Waals surface area contributed by atoms with Crippen molar-refractivity contribution in [3.63, 3.8) is 0 Å². The number of benzene rings is 1. The molecule has 3 aliphatic carbocycles. The van der Waals surface area contributed by atoms with Crippen LogP contribution in [0, 0.1) is 29.1 Å². The van der Waals surface area contributed by atoms with Crippen molar-refractivity contribution in [1.82, 2.24) is 60.0 Å². The topological polar surface area (TPSA) is 294 Å². The summed E-state index contributed by atoms with van der Waals surface area (Å²) in [4.78, 5) is 189. The van der Waals surface area contributed by atoms with E-state index in [4.69, 9.17) is 11.6 Å². The van der Waals surface area contributed by atoms with Gasteiger partial charge in [0.25, 0.3) is 0 Å². The molecule has 29 heteroatoms. The van der Waals surface area contributed by atoms with Crippen molar-refractivity contribution >= 4 is 82.5 Å². The number of nitrogens with one attached hydrogen (secondary N) is 3. The molecule has 3 N–H and O–H groups in total.